The van der Waals surface area contributed by atoms with Gasteiger partial charge in [-0.25, -0.2) is 0 Å². The number of nitrogens with zero attached hydrogens (tertiary/aromatic N) is 1. The van der Waals surface area contributed by atoms with Crippen LogP contribution >= 0.6 is 0 Å². The van der Waals surface area contributed by atoms with Gasteiger partial charge in [-0.2, -0.15) is 0 Å². The molecule has 2 atom stereocenters. The maximum Gasteiger partial charge on any atom is 0.133 e. The van der Waals surface area contributed by atoms with Gasteiger partial charge in [-0.05, 0) is 43.4 Å². The second-order valence-corrected chi connectivity index (χ2v) is 5.28. The largest absolute Gasteiger partial charge is 0.506 e. The van der Waals surface area contributed by atoms with Crippen LogP contribution in [0.5, 0.6) is 5.75 Å². The van der Waals surface area contributed by atoms with E-state index in [0.29, 0.717) is 0 Å². The van der Waals surface area contributed by atoms with Gasteiger partial charge in [0.15, 0.2) is 0 Å². The Balaban J connectivity index is 1.70. The molecule has 0 aliphatic heterocycles. The van der Waals surface area contributed by atoms with E-state index >= 15 is 0 Å². The van der Waals surface area contributed by atoms with Crippen molar-refractivity contribution in [3.05, 3.63) is 24.0 Å². The van der Waals surface area contributed by atoms with Gasteiger partial charge >= 0.3 is 0 Å². The summed E-state index contributed by atoms with van der Waals surface area (Å²) in [6.07, 6.45) is 7.00. The molecule has 1 aliphatic carbocycles. The van der Waals surface area contributed by atoms with E-state index in [1.54, 1.807) is 6.07 Å². The van der Waals surface area contributed by atoms with Gasteiger partial charge in [-0.15, -0.1) is 0 Å². The second-order valence-electron chi connectivity index (χ2n) is 5.28. The van der Waals surface area contributed by atoms with E-state index in [1.807, 2.05) is 6.07 Å². The molecule has 0 saturated heterocycles. The SMILES string of the molecule is CC1CCCC(CNCc2ccc(O)cn2)C1. The molecule has 0 radical (unpaired) electrons. The Bertz CT molecular complexity index is 337. The summed E-state index contributed by atoms with van der Waals surface area (Å²) < 4.78 is 0. The number of hydrogen-bond donors (Lipinski definition) is 2. The zero-order valence-electron chi connectivity index (χ0n) is 10.5. The van der Waals surface area contributed by atoms with E-state index in [2.05, 4.69) is 17.2 Å². The molecule has 0 aromatic carbocycles. The average Bonchev–Trinajstić information content (AvgIpc) is 2.32. The van der Waals surface area contributed by atoms with Gasteiger partial charge < -0.3 is 10.4 Å². The molecule has 1 saturated carbocycles. The van der Waals surface area contributed by atoms with Crippen LogP contribution < -0.4 is 5.32 Å². The average molecular weight is 234 g/mol. The first-order chi connectivity index (χ1) is 8.24. The summed E-state index contributed by atoms with van der Waals surface area (Å²) in [5.41, 5.74) is 0.992. The summed E-state index contributed by atoms with van der Waals surface area (Å²) >= 11 is 0. The summed E-state index contributed by atoms with van der Waals surface area (Å²) in [6.45, 7) is 4.24. The van der Waals surface area contributed by atoms with Gasteiger partial charge in [-0.1, -0.05) is 19.8 Å². The predicted molar refractivity (Wildman–Crippen MR) is 68.7 cm³/mol. The monoisotopic (exact) mass is 234 g/mol. The highest BCUT2D eigenvalue weighted by atomic mass is 16.3. The third-order valence-electron chi connectivity index (χ3n) is 3.59. The number of nitrogens with one attached hydrogen (secondary N) is 1. The molecule has 1 aromatic heterocycles. The van der Waals surface area contributed by atoms with Crippen LogP contribution in [0.3, 0.4) is 0 Å². The Morgan fingerprint density at radius 3 is 3.00 bits per heavy atom. The lowest BCUT2D eigenvalue weighted by Gasteiger charge is -2.26. The van der Waals surface area contributed by atoms with Gasteiger partial charge in [0, 0.05) is 6.54 Å². The molecule has 2 unspecified atom stereocenters. The van der Waals surface area contributed by atoms with Crippen LogP contribution in [0.15, 0.2) is 18.3 Å². The van der Waals surface area contributed by atoms with Gasteiger partial charge in [0.2, 0.25) is 0 Å². The third-order valence-corrected chi connectivity index (χ3v) is 3.59. The molecule has 1 fully saturated rings. The topological polar surface area (TPSA) is 45.1 Å². The Morgan fingerprint density at radius 1 is 1.41 bits per heavy atom. The molecule has 1 heterocycles. The Kier molecular flexibility index (Phi) is 4.37. The van der Waals surface area contributed by atoms with E-state index in [4.69, 9.17) is 5.11 Å². The molecule has 0 amide bonds. The lowest BCUT2D eigenvalue weighted by atomic mass is 9.82. The molecule has 1 aromatic rings. The minimum atomic E-state index is 0.231. The van der Waals surface area contributed by atoms with Crippen molar-refractivity contribution in [3.8, 4) is 5.75 Å². The van der Waals surface area contributed by atoms with Crippen LogP contribution in [0.2, 0.25) is 0 Å². The molecule has 94 valence electrons. The molecular formula is C14H22N2O. The molecule has 17 heavy (non-hydrogen) atoms. The van der Waals surface area contributed by atoms with Crippen molar-refractivity contribution in [2.24, 2.45) is 11.8 Å². The van der Waals surface area contributed by atoms with Crippen LogP contribution in [0.1, 0.15) is 38.3 Å². The maximum atomic E-state index is 9.13. The Hall–Kier alpha value is -1.09. The lowest BCUT2D eigenvalue weighted by Crippen LogP contribution is -2.26. The molecule has 1 aliphatic rings. The first-order valence-corrected chi connectivity index (χ1v) is 6.58. The second kappa shape index (κ2) is 6.01. The van der Waals surface area contributed by atoms with Crippen molar-refractivity contribution < 1.29 is 5.11 Å². The normalized spacial score (nSPS) is 24.8. The first kappa shape index (κ1) is 12.4. The summed E-state index contributed by atoms with van der Waals surface area (Å²) in [5, 5.41) is 12.6. The predicted octanol–water partition coefficient (Wildman–Crippen LogP) is 2.70. The molecule has 2 N–H and O–H groups in total. The number of aromatic nitrogens is 1. The van der Waals surface area contributed by atoms with Crippen molar-refractivity contribution in [2.75, 3.05) is 6.54 Å². The van der Waals surface area contributed by atoms with Crippen LogP contribution in [0.25, 0.3) is 0 Å². The highest BCUT2D eigenvalue weighted by Crippen LogP contribution is 2.27. The quantitative estimate of drug-likeness (QED) is 0.842. The highest BCUT2D eigenvalue weighted by molar-refractivity contribution is 5.17. The molecule has 3 nitrogen and oxygen atoms in total. The van der Waals surface area contributed by atoms with E-state index < -0.39 is 0 Å². The van der Waals surface area contributed by atoms with Crippen LogP contribution in [0, 0.1) is 11.8 Å². The van der Waals surface area contributed by atoms with E-state index in [9.17, 15) is 0 Å². The third kappa shape index (κ3) is 4.00. The summed E-state index contributed by atoms with van der Waals surface area (Å²) in [5.74, 6) is 1.95. The molecule has 0 spiro atoms. The van der Waals surface area contributed by atoms with Gasteiger partial charge in [0.1, 0.15) is 5.75 Å². The molecule has 2 rings (SSSR count). The summed E-state index contributed by atoms with van der Waals surface area (Å²) in [4.78, 5) is 4.16. The lowest BCUT2D eigenvalue weighted by molar-refractivity contribution is 0.274. The summed E-state index contributed by atoms with van der Waals surface area (Å²) in [7, 11) is 0. The van der Waals surface area contributed by atoms with Crippen molar-refractivity contribution >= 4 is 0 Å². The fourth-order valence-corrected chi connectivity index (χ4v) is 2.67. The van der Waals surface area contributed by atoms with Gasteiger partial charge in [0.25, 0.3) is 0 Å². The van der Waals surface area contributed by atoms with Crippen molar-refractivity contribution in [2.45, 2.75) is 39.2 Å². The number of aromatic hydroxyl groups is 1. The van der Waals surface area contributed by atoms with Crippen molar-refractivity contribution in [1.82, 2.24) is 10.3 Å². The van der Waals surface area contributed by atoms with E-state index in [1.165, 1.54) is 31.9 Å². The van der Waals surface area contributed by atoms with Crippen LogP contribution in [-0.2, 0) is 6.54 Å². The fraction of sp³-hybridized carbons (Fsp3) is 0.643. The van der Waals surface area contributed by atoms with Crippen LogP contribution in [0.4, 0.5) is 0 Å². The van der Waals surface area contributed by atoms with Crippen LogP contribution in [-0.4, -0.2) is 16.6 Å². The molecule has 3 heteroatoms. The minimum absolute atomic E-state index is 0.231. The molecular weight excluding hydrogens is 212 g/mol. The minimum Gasteiger partial charge on any atom is -0.506 e. The first-order valence-electron chi connectivity index (χ1n) is 6.58. The smallest absolute Gasteiger partial charge is 0.133 e. The fourth-order valence-electron chi connectivity index (χ4n) is 2.67. The van der Waals surface area contributed by atoms with Gasteiger partial charge in [0.05, 0.1) is 11.9 Å². The molecule has 0 bridgehead atoms. The van der Waals surface area contributed by atoms with Crippen molar-refractivity contribution in [3.63, 3.8) is 0 Å². The summed E-state index contributed by atoms with van der Waals surface area (Å²) in [6, 6.07) is 3.55. The number of rotatable bonds is 4. The zero-order chi connectivity index (χ0) is 12.1. The highest BCUT2D eigenvalue weighted by Gasteiger charge is 2.18. The Labute approximate surface area is 103 Å². The van der Waals surface area contributed by atoms with Crippen molar-refractivity contribution in [1.29, 1.82) is 0 Å². The van der Waals surface area contributed by atoms with E-state index in [-0.39, 0.29) is 5.75 Å². The maximum absolute atomic E-state index is 9.13. The number of pyridine rings is 1. The standard InChI is InChI=1S/C14H22N2O/c1-11-3-2-4-12(7-11)8-15-9-13-5-6-14(17)10-16-13/h5-6,10-12,15,17H,2-4,7-9H2,1H3. The van der Waals surface area contributed by atoms with E-state index in [0.717, 1.165) is 30.6 Å². The zero-order valence-corrected chi connectivity index (χ0v) is 10.5. The number of hydrogen-bond acceptors (Lipinski definition) is 3. The Morgan fingerprint density at radius 2 is 2.29 bits per heavy atom. The van der Waals surface area contributed by atoms with Gasteiger partial charge in [-0.3, -0.25) is 4.98 Å².